The normalized spacial score (nSPS) is 33.8. The number of nitrogens with zero attached hydrogens (tertiary/aromatic N) is 1. The molecular formula is C22H40N4O4. The number of hydrogen-bond acceptors (Lipinski definition) is 7. The van der Waals surface area contributed by atoms with Gasteiger partial charge in [0, 0.05) is 38.8 Å². The Hall–Kier alpha value is -0.930. The van der Waals surface area contributed by atoms with E-state index in [9.17, 15) is 4.79 Å². The number of likely N-dealkylation sites (tertiary alicyclic amines) is 1. The fraction of sp³-hybridized carbons (Fsp3) is 0.955. The topological polar surface area (TPSA) is 98.1 Å². The van der Waals surface area contributed by atoms with Gasteiger partial charge in [-0.3, -0.25) is 5.32 Å². The van der Waals surface area contributed by atoms with Crippen molar-refractivity contribution in [3.63, 3.8) is 0 Å². The number of rotatable bonds is 7. The van der Waals surface area contributed by atoms with Gasteiger partial charge >= 0.3 is 6.09 Å². The summed E-state index contributed by atoms with van der Waals surface area (Å²) in [5.41, 5.74) is 6.35. The number of hydrogen-bond donors (Lipinski definition) is 3. The Morgan fingerprint density at radius 2 is 2.00 bits per heavy atom. The van der Waals surface area contributed by atoms with Gasteiger partial charge in [-0.15, -0.1) is 0 Å². The van der Waals surface area contributed by atoms with Crippen LogP contribution in [0.4, 0.5) is 4.79 Å². The molecule has 1 aliphatic carbocycles. The molecule has 1 amide bonds. The first kappa shape index (κ1) is 22.3. The van der Waals surface area contributed by atoms with E-state index in [1.165, 1.54) is 0 Å². The van der Waals surface area contributed by atoms with Crippen molar-refractivity contribution in [3.8, 4) is 0 Å². The molecule has 4 fully saturated rings. The molecule has 3 aliphatic heterocycles. The summed E-state index contributed by atoms with van der Waals surface area (Å²) in [5, 5.41) is 7.25. The van der Waals surface area contributed by atoms with Crippen molar-refractivity contribution < 1.29 is 19.0 Å². The first-order chi connectivity index (χ1) is 14.5. The molecular weight excluding hydrogens is 384 g/mol. The minimum atomic E-state index is -0.213. The van der Waals surface area contributed by atoms with Gasteiger partial charge in [0.1, 0.15) is 11.8 Å². The van der Waals surface area contributed by atoms with Crippen molar-refractivity contribution in [3.05, 3.63) is 0 Å². The van der Waals surface area contributed by atoms with Crippen molar-refractivity contribution in [1.29, 1.82) is 0 Å². The zero-order chi connectivity index (χ0) is 21.1. The summed E-state index contributed by atoms with van der Waals surface area (Å²) in [4.78, 5) is 14.2. The number of methoxy groups -OCH3 is 1. The summed E-state index contributed by atoms with van der Waals surface area (Å²) >= 11 is 0. The van der Waals surface area contributed by atoms with Crippen molar-refractivity contribution in [2.24, 2.45) is 23.5 Å². The molecule has 172 valence electrons. The van der Waals surface area contributed by atoms with Crippen molar-refractivity contribution >= 4 is 6.09 Å². The molecule has 0 bridgehead atoms. The molecule has 4 unspecified atom stereocenters. The van der Waals surface area contributed by atoms with Crippen LogP contribution in [0.25, 0.3) is 0 Å². The van der Waals surface area contributed by atoms with Crippen LogP contribution >= 0.6 is 0 Å². The fourth-order valence-electron chi connectivity index (χ4n) is 5.20. The first-order valence-corrected chi connectivity index (χ1v) is 11.8. The summed E-state index contributed by atoms with van der Waals surface area (Å²) in [6.07, 6.45) is 6.75. The van der Waals surface area contributed by atoms with E-state index in [4.69, 9.17) is 19.9 Å². The monoisotopic (exact) mass is 424 g/mol. The van der Waals surface area contributed by atoms with Crippen LogP contribution < -0.4 is 16.4 Å². The Labute approximate surface area is 180 Å². The lowest BCUT2D eigenvalue weighted by atomic mass is 9.84. The van der Waals surface area contributed by atoms with E-state index in [-0.39, 0.29) is 24.1 Å². The fourth-order valence-corrected chi connectivity index (χ4v) is 5.20. The van der Waals surface area contributed by atoms with Gasteiger partial charge in [0.25, 0.3) is 0 Å². The van der Waals surface area contributed by atoms with Gasteiger partial charge in [-0.1, -0.05) is 0 Å². The van der Waals surface area contributed by atoms with Crippen LogP contribution in [0.1, 0.15) is 51.9 Å². The third-order valence-electron chi connectivity index (χ3n) is 7.64. The highest BCUT2D eigenvalue weighted by atomic mass is 16.6. The number of carbonyl (C=O) groups is 1. The SMILES string of the molecule is COC(NC(N)C1CCN(C(=O)OC2(C)CC2)CC1)C1CCNC([C@H]2CCOC2)C1. The lowest BCUT2D eigenvalue weighted by Crippen LogP contribution is -2.56. The van der Waals surface area contributed by atoms with Gasteiger partial charge in [-0.05, 0) is 70.3 Å². The molecule has 4 N–H and O–H groups in total. The highest BCUT2D eigenvalue weighted by Gasteiger charge is 2.43. The largest absolute Gasteiger partial charge is 0.443 e. The zero-order valence-corrected chi connectivity index (χ0v) is 18.6. The van der Waals surface area contributed by atoms with E-state index < -0.39 is 0 Å². The maximum absolute atomic E-state index is 12.3. The number of piperidine rings is 2. The number of amides is 1. The van der Waals surface area contributed by atoms with E-state index >= 15 is 0 Å². The van der Waals surface area contributed by atoms with Gasteiger partial charge in [0.2, 0.25) is 0 Å². The molecule has 0 spiro atoms. The third-order valence-corrected chi connectivity index (χ3v) is 7.64. The van der Waals surface area contributed by atoms with Crippen LogP contribution in [0.15, 0.2) is 0 Å². The highest BCUT2D eigenvalue weighted by Crippen LogP contribution is 2.39. The average Bonchev–Trinajstić information content (AvgIpc) is 3.25. The standard InChI is InChI=1S/C22H40N4O4/c1-22(7-8-22)30-21(27)26-10-4-15(5-11-26)19(23)25-20(28-2)16-3-9-24-18(13-16)17-6-12-29-14-17/h15-20,24-25H,3-14,23H2,1-2H3/t16?,17-,18?,19?,20?/m0/s1. The van der Waals surface area contributed by atoms with Crippen LogP contribution in [-0.4, -0.2) is 75.0 Å². The molecule has 0 aromatic carbocycles. The van der Waals surface area contributed by atoms with Crippen LogP contribution in [0.2, 0.25) is 0 Å². The quantitative estimate of drug-likeness (QED) is 0.535. The minimum absolute atomic E-state index is 0.0373. The van der Waals surface area contributed by atoms with Gasteiger partial charge < -0.3 is 30.2 Å². The zero-order valence-electron chi connectivity index (χ0n) is 18.6. The molecule has 4 rings (SSSR count). The molecule has 8 nitrogen and oxygen atoms in total. The molecule has 3 heterocycles. The molecule has 0 aromatic rings. The van der Waals surface area contributed by atoms with Crippen molar-refractivity contribution in [1.82, 2.24) is 15.5 Å². The summed E-state index contributed by atoms with van der Waals surface area (Å²) in [6.45, 7) is 6.20. The van der Waals surface area contributed by atoms with E-state index in [0.29, 0.717) is 36.9 Å². The lowest BCUT2D eigenvalue weighted by Gasteiger charge is -2.40. The van der Waals surface area contributed by atoms with Crippen LogP contribution in [-0.2, 0) is 14.2 Å². The maximum atomic E-state index is 12.3. The number of nitrogens with one attached hydrogen (secondary N) is 2. The van der Waals surface area contributed by atoms with E-state index in [2.05, 4.69) is 10.6 Å². The second-order valence-electron chi connectivity index (χ2n) is 9.96. The number of carbonyl (C=O) groups excluding carboxylic acids is 1. The molecule has 5 atom stereocenters. The molecule has 1 saturated carbocycles. The third kappa shape index (κ3) is 5.46. The summed E-state index contributed by atoms with van der Waals surface area (Å²) in [6, 6.07) is 0.504. The molecule has 30 heavy (non-hydrogen) atoms. The Morgan fingerprint density at radius 3 is 2.63 bits per heavy atom. The van der Waals surface area contributed by atoms with Gasteiger partial charge in [-0.25, -0.2) is 4.79 Å². The van der Waals surface area contributed by atoms with E-state index in [0.717, 1.165) is 64.7 Å². The van der Waals surface area contributed by atoms with Crippen LogP contribution in [0.3, 0.4) is 0 Å². The Morgan fingerprint density at radius 1 is 1.23 bits per heavy atom. The highest BCUT2D eigenvalue weighted by molar-refractivity contribution is 5.68. The molecule has 0 aromatic heterocycles. The van der Waals surface area contributed by atoms with Crippen molar-refractivity contribution in [2.45, 2.75) is 75.9 Å². The molecule has 4 aliphatic rings. The summed E-state index contributed by atoms with van der Waals surface area (Å²) < 4.78 is 17.0. The minimum Gasteiger partial charge on any atom is -0.443 e. The Kier molecular flexibility index (Phi) is 7.19. The van der Waals surface area contributed by atoms with Gasteiger partial charge in [0.05, 0.1) is 12.8 Å². The van der Waals surface area contributed by atoms with Gasteiger partial charge in [0.15, 0.2) is 0 Å². The summed E-state index contributed by atoms with van der Waals surface area (Å²) in [5.74, 6) is 1.40. The van der Waals surface area contributed by atoms with Crippen molar-refractivity contribution in [2.75, 3.05) is 40.0 Å². The number of ether oxygens (including phenoxy) is 3. The second-order valence-corrected chi connectivity index (χ2v) is 9.96. The lowest BCUT2D eigenvalue weighted by molar-refractivity contribution is -0.0134. The Bertz CT molecular complexity index is 573. The van der Waals surface area contributed by atoms with E-state index in [1.54, 1.807) is 7.11 Å². The van der Waals surface area contributed by atoms with Crippen LogP contribution in [0, 0.1) is 17.8 Å². The predicted octanol–water partition coefficient (Wildman–Crippen LogP) is 1.64. The predicted molar refractivity (Wildman–Crippen MR) is 114 cm³/mol. The maximum Gasteiger partial charge on any atom is 0.410 e. The molecule has 8 heteroatoms. The average molecular weight is 425 g/mol. The summed E-state index contributed by atoms with van der Waals surface area (Å²) in [7, 11) is 1.77. The Balaban J connectivity index is 1.23. The molecule has 0 radical (unpaired) electrons. The number of nitrogens with two attached hydrogens (primary N) is 1. The smallest absolute Gasteiger partial charge is 0.410 e. The van der Waals surface area contributed by atoms with E-state index in [1.807, 2.05) is 11.8 Å². The first-order valence-electron chi connectivity index (χ1n) is 11.8. The second kappa shape index (κ2) is 9.69. The van der Waals surface area contributed by atoms with Gasteiger partial charge in [-0.2, -0.15) is 0 Å². The molecule has 3 saturated heterocycles. The van der Waals surface area contributed by atoms with Crippen LogP contribution in [0.5, 0.6) is 0 Å².